The lowest BCUT2D eigenvalue weighted by Crippen LogP contribution is -2.40. The minimum Gasteiger partial charge on any atom is -0.352 e. The molecule has 7 nitrogen and oxygen atoms in total. The van der Waals surface area contributed by atoms with Crippen LogP contribution in [0.2, 0.25) is 0 Å². The summed E-state index contributed by atoms with van der Waals surface area (Å²) in [6.45, 7) is 5.18. The number of amides is 1. The number of carbonyl (C=O) groups is 1. The molecule has 3 aliphatic rings. The van der Waals surface area contributed by atoms with Crippen molar-refractivity contribution in [3.8, 4) is 0 Å². The summed E-state index contributed by atoms with van der Waals surface area (Å²) in [4.78, 5) is 19.5. The molecule has 0 unspecified atom stereocenters. The Morgan fingerprint density at radius 2 is 2.03 bits per heavy atom. The molecule has 2 fully saturated rings. The van der Waals surface area contributed by atoms with E-state index in [1.165, 1.54) is 44.0 Å². The fourth-order valence-electron chi connectivity index (χ4n) is 4.65. The van der Waals surface area contributed by atoms with Gasteiger partial charge in [-0.05, 0) is 56.5 Å². The topological polar surface area (TPSA) is 90.9 Å². The number of benzene rings is 1. The number of sulfone groups is 1. The van der Waals surface area contributed by atoms with Gasteiger partial charge in [0.25, 0.3) is 5.91 Å². The second kappa shape index (κ2) is 9.92. The normalized spacial score (nSPS) is 27.5. The van der Waals surface area contributed by atoms with Crippen molar-refractivity contribution in [3.05, 3.63) is 29.8 Å². The third-order valence-electron chi connectivity index (χ3n) is 6.34. The monoisotopic (exact) mass is 464 g/mol. The predicted octanol–water partition coefficient (Wildman–Crippen LogP) is 2.75. The number of fused-ring (bicyclic) bond motifs is 1. The molecule has 3 heterocycles. The molecule has 3 aliphatic heterocycles. The molecule has 1 amide bonds. The second-order valence-corrected chi connectivity index (χ2v) is 12.0. The van der Waals surface area contributed by atoms with Crippen molar-refractivity contribution in [3.63, 3.8) is 0 Å². The number of nitrogens with one attached hydrogen (secondary N) is 2. The van der Waals surface area contributed by atoms with Crippen LogP contribution in [0, 0.1) is 0 Å². The van der Waals surface area contributed by atoms with Crippen LogP contribution in [0.1, 0.15) is 49.4 Å². The minimum atomic E-state index is -2.94. The van der Waals surface area contributed by atoms with E-state index in [9.17, 15) is 13.2 Å². The molecule has 170 valence electrons. The van der Waals surface area contributed by atoms with E-state index in [0.29, 0.717) is 18.2 Å². The van der Waals surface area contributed by atoms with Crippen LogP contribution in [0.3, 0.4) is 0 Å². The van der Waals surface area contributed by atoms with Crippen LogP contribution in [0.5, 0.6) is 0 Å². The van der Waals surface area contributed by atoms with E-state index in [2.05, 4.69) is 27.4 Å². The molecular formula is C22H32N4O3S2. The third kappa shape index (κ3) is 5.81. The maximum Gasteiger partial charge on any atom is 0.251 e. The molecule has 0 saturated carbocycles. The van der Waals surface area contributed by atoms with Crippen molar-refractivity contribution in [2.75, 3.05) is 36.5 Å². The highest BCUT2D eigenvalue weighted by Gasteiger charge is 2.42. The van der Waals surface area contributed by atoms with Gasteiger partial charge in [-0.1, -0.05) is 25.1 Å². The van der Waals surface area contributed by atoms with Crippen LogP contribution in [0.25, 0.3) is 0 Å². The van der Waals surface area contributed by atoms with Crippen LogP contribution in [-0.4, -0.2) is 72.9 Å². The number of rotatable bonds is 7. The number of anilines is 1. The lowest BCUT2D eigenvalue weighted by molar-refractivity contribution is 0.0947. The Kier molecular flexibility index (Phi) is 7.23. The zero-order valence-electron chi connectivity index (χ0n) is 18.0. The van der Waals surface area contributed by atoms with Crippen LogP contribution in [0.4, 0.5) is 5.69 Å². The molecule has 1 aromatic carbocycles. The predicted molar refractivity (Wildman–Crippen MR) is 128 cm³/mol. The van der Waals surface area contributed by atoms with Gasteiger partial charge in [0.1, 0.15) is 0 Å². The number of thioether (sulfide) groups is 1. The average molecular weight is 465 g/mol. The Balaban J connectivity index is 1.21. The first-order valence-corrected chi connectivity index (χ1v) is 14.0. The van der Waals surface area contributed by atoms with Gasteiger partial charge in [0, 0.05) is 35.6 Å². The highest BCUT2D eigenvalue weighted by molar-refractivity contribution is 8.15. The van der Waals surface area contributed by atoms with E-state index >= 15 is 0 Å². The van der Waals surface area contributed by atoms with Gasteiger partial charge in [0.2, 0.25) is 0 Å². The van der Waals surface area contributed by atoms with E-state index in [-0.39, 0.29) is 28.7 Å². The van der Waals surface area contributed by atoms with Crippen LogP contribution >= 0.6 is 11.8 Å². The molecule has 3 atom stereocenters. The summed E-state index contributed by atoms with van der Waals surface area (Å²) in [7, 11) is -2.94. The van der Waals surface area contributed by atoms with Crippen molar-refractivity contribution in [1.82, 2.24) is 10.2 Å². The molecule has 0 aliphatic carbocycles. The number of amidine groups is 1. The Hall–Kier alpha value is -1.58. The molecule has 0 spiro atoms. The molecule has 0 aromatic heterocycles. The quantitative estimate of drug-likeness (QED) is 0.603. The Bertz CT molecular complexity index is 917. The van der Waals surface area contributed by atoms with Crippen molar-refractivity contribution in [2.45, 2.75) is 56.4 Å². The van der Waals surface area contributed by atoms with Gasteiger partial charge in [0.05, 0.1) is 17.5 Å². The first-order chi connectivity index (χ1) is 14.9. The molecule has 2 saturated heterocycles. The van der Waals surface area contributed by atoms with Gasteiger partial charge in [-0.2, -0.15) is 0 Å². The maximum absolute atomic E-state index is 12.4. The number of likely N-dealkylation sites (tertiary alicyclic amines) is 1. The zero-order chi connectivity index (χ0) is 21.8. The summed E-state index contributed by atoms with van der Waals surface area (Å²) in [6.07, 6.45) is 6.10. The number of piperidine rings is 1. The molecule has 2 N–H and O–H groups in total. The van der Waals surface area contributed by atoms with E-state index in [1.807, 2.05) is 12.1 Å². The highest BCUT2D eigenvalue weighted by atomic mass is 32.2. The summed E-state index contributed by atoms with van der Waals surface area (Å²) >= 11 is 1.49. The van der Waals surface area contributed by atoms with Crippen LogP contribution < -0.4 is 10.6 Å². The third-order valence-corrected chi connectivity index (χ3v) is 9.49. The zero-order valence-corrected chi connectivity index (χ0v) is 19.7. The van der Waals surface area contributed by atoms with Gasteiger partial charge in [0.15, 0.2) is 15.0 Å². The molecular weight excluding hydrogens is 432 g/mol. The number of hydrogen-bond donors (Lipinski definition) is 2. The smallest absolute Gasteiger partial charge is 0.251 e. The summed E-state index contributed by atoms with van der Waals surface area (Å²) in [5.41, 5.74) is 1.49. The van der Waals surface area contributed by atoms with Crippen LogP contribution in [0.15, 0.2) is 29.3 Å². The molecule has 4 rings (SSSR count). The summed E-state index contributed by atoms with van der Waals surface area (Å²) in [5, 5.41) is 7.05. The van der Waals surface area contributed by atoms with Crippen molar-refractivity contribution >= 4 is 38.4 Å². The van der Waals surface area contributed by atoms with Crippen molar-refractivity contribution in [1.29, 1.82) is 0 Å². The van der Waals surface area contributed by atoms with Gasteiger partial charge < -0.3 is 15.5 Å². The van der Waals surface area contributed by atoms with Gasteiger partial charge in [-0.15, -0.1) is 0 Å². The molecule has 31 heavy (non-hydrogen) atoms. The molecule has 9 heteroatoms. The summed E-state index contributed by atoms with van der Waals surface area (Å²) in [6, 6.07) is 7.91. The average Bonchev–Trinajstić information content (AvgIpc) is 3.24. The van der Waals surface area contributed by atoms with Crippen LogP contribution in [-0.2, 0) is 9.84 Å². The first-order valence-electron chi connectivity index (χ1n) is 11.3. The van der Waals surface area contributed by atoms with Gasteiger partial charge >= 0.3 is 0 Å². The molecule has 0 bridgehead atoms. The van der Waals surface area contributed by atoms with Gasteiger partial charge in [-0.3, -0.25) is 9.79 Å². The standard InChI is InChI=1S/C22H32N4O3S2/c1-2-18-6-3-4-12-26(18)13-5-11-23-21(27)16-7-9-17(10-8-16)24-22-25-19-14-31(28,29)15-20(19)30-22/h7-10,18-20H,2-6,11-15H2,1H3,(H,23,27)(H,24,25)/t18-,19-,20+/m1/s1. The molecule has 0 radical (unpaired) electrons. The Morgan fingerprint density at radius 1 is 1.23 bits per heavy atom. The fourth-order valence-corrected chi connectivity index (χ4v) is 8.32. The summed E-state index contributed by atoms with van der Waals surface area (Å²) in [5.74, 6) is 0.295. The van der Waals surface area contributed by atoms with E-state index < -0.39 is 9.84 Å². The Morgan fingerprint density at radius 3 is 2.77 bits per heavy atom. The first kappa shape index (κ1) is 22.6. The lowest BCUT2D eigenvalue weighted by Gasteiger charge is -2.35. The van der Waals surface area contributed by atoms with Crippen molar-refractivity contribution in [2.24, 2.45) is 4.99 Å². The maximum atomic E-state index is 12.4. The van der Waals surface area contributed by atoms with E-state index in [0.717, 1.165) is 23.8 Å². The molecule has 1 aromatic rings. The van der Waals surface area contributed by atoms with Crippen molar-refractivity contribution < 1.29 is 13.2 Å². The fraction of sp³-hybridized carbons (Fsp3) is 0.636. The van der Waals surface area contributed by atoms with Gasteiger partial charge in [-0.25, -0.2) is 8.42 Å². The second-order valence-electron chi connectivity index (χ2n) is 8.64. The largest absolute Gasteiger partial charge is 0.352 e. The number of carbonyl (C=O) groups excluding carboxylic acids is 1. The Labute approximate surface area is 189 Å². The lowest BCUT2D eigenvalue weighted by atomic mass is 10.00. The highest BCUT2D eigenvalue weighted by Crippen LogP contribution is 2.34. The summed E-state index contributed by atoms with van der Waals surface area (Å²) < 4.78 is 23.3. The number of hydrogen-bond acceptors (Lipinski definition) is 7. The van der Waals surface area contributed by atoms with E-state index in [1.54, 1.807) is 12.1 Å². The van der Waals surface area contributed by atoms with E-state index in [4.69, 9.17) is 0 Å². The number of aliphatic imine (C=N–C) groups is 1. The SMILES string of the molecule is CC[C@@H]1CCCCN1CCCNC(=O)c1ccc(NC2=N[C@@H]3CS(=O)(=O)C[C@@H]3S2)cc1. The minimum absolute atomic E-state index is 0.0232. The number of nitrogens with zero attached hydrogens (tertiary/aromatic N) is 2.